The van der Waals surface area contributed by atoms with Gasteiger partial charge in [0.25, 0.3) is 10.0 Å². The molecule has 4 rings (SSSR count). The number of rotatable bonds is 8. The van der Waals surface area contributed by atoms with E-state index in [9.17, 15) is 8.42 Å². The second-order valence-corrected chi connectivity index (χ2v) is 9.14. The molecule has 0 aliphatic rings. The molecule has 154 valence electrons. The minimum absolute atomic E-state index is 0.132. The molecule has 0 saturated heterocycles. The van der Waals surface area contributed by atoms with Gasteiger partial charge in [0.1, 0.15) is 16.3 Å². The smallest absolute Gasteiger partial charge is 0.265 e. The Morgan fingerprint density at radius 1 is 1.03 bits per heavy atom. The van der Waals surface area contributed by atoms with Crippen LogP contribution in [0.4, 0.5) is 5.69 Å². The number of aromatic nitrogens is 2. The topological polar surface area (TPSA) is 73.2 Å². The van der Waals surface area contributed by atoms with Crippen molar-refractivity contribution in [3.05, 3.63) is 83.9 Å². The van der Waals surface area contributed by atoms with Crippen LogP contribution in [0.25, 0.3) is 10.6 Å². The van der Waals surface area contributed by atoms with Gasteiger partial charge in [-0.25, -0.2) is 8.42 Å². The summed E-state index contributed by atoms with van der Waals surface area (Å²) in [7, 11) is -3.89. The van der Waals surface area contributed by atoms with Crippen molar-refractivity contribution in [1.82, 2.24) is 9.78 Å². The van der Waals surface area contributed by atoms with Gasteiger partial charge < -0.3 is 4.74 Å². The third-order valence-corrected chi connectivity index (χ3v) is 6.63. The average Bonchev–Trinajstić information content (AvgIpc) is 3.40. The Balaban J connectivity index is 1.73. The Bertz CT molecular complexity index is 1220. The van der Waals surface area contributed by atoms with Crippen LogP contribution in [0.1, 0.15) is 12.5 Å². The van der Waals surface area contributed by atoms with Gasteiger partial charge >= 0.3 is 0 Å². The first kappa shape index (κ1) is 20.2. The lowest BCUT2D eigenvalue weighted by Gasteiger charge is -2.12. The van der Waals surface area contributed by atoms with Crippen molar-refractivity contribution in [2.45, 2.75) is 18.4 Å². The molecule has 6 nitrogen and oxygen atoms in total. The number of sulfonamides is 1. The highest BCUT2D eigenvalue weighted by atomic mass is 32.2. The number of thiophene rings is 1. The van der Waals surface area contributed by atoms with E-state index in [2.05, 4.69) is 9.82 Å². The van der Waals surface area contributed by atoms with Gasteiger partial charge in [-0.05, 0) is 36.1 Å². The summed E-state index contributed by atoms with van der Waals surface area (Å²) in [6, 6.07) is 20.5. The molecule has 4 aromatic rings. The molecule has 0 radical (unpaired) electrons. The highest BCUT2D eigenvalue weighted by Gasteiger charge is 2.25. The molecular formula is C22H21N3O3S2. The van der Waals surface area contributed by atoms with Crippen molar-refractivity contribution in [1.29, 1.82) is 0 Å². The SMILES string of the molecule is CCOc1ccccc1NS(=O)(=O)c1cn(Cc2ccccc2)nc1-c1cccs1. The predicted molar refractivity (Wildman–Crippen MR) is 120 cm³/mol. The fourth-order valence-corrected chi connectivity index (χ4v) is 5.09. The summed E-state index contributed by atoms with van der Waals surface area (Å²) in [6.45, 7) is 2.77. The van der Waals surface area contributed by atoms with E-state index in [1.807, 2.05) is 54.8 Å². The van der Waals surface area contributed by atoms with Gasteiger partial charge in [-0.2, -0.15) is 5.10 Å². The number of para-hydroxylation sites is 2. The van der Waals surface area contributed by atoms with Gasteiger partial charge in [-0.1, -0.05) is 48.5 Å². The Morgan fingerprint density at radius 3 is 2.53 bits per heavy atom. The summed E-state index contributed by atoms with van der Waals surface area (Å²) in [6.07, 6.45) is 1.58. The molecule has 1 N–H and O–H groups in total. The van der Waals surface area contributed by atoms with Crippen LogP contribution in [0.3, 0.4) is 0 Å². The fraction of sp³-hybridized carbons (Fsp3) is 0.136. The maximum atomic E-state index is 13.3. The first-order chi connectivity index (χ1) is 14.6. The third kappa shape index (κ3) is 4.39. The van der Waals surface area contributed by atoms with Crippen LogP contribution < -0.4 is 9.46 Å². The molecule has 0 bridgehead atoms. The lowest BCUT2D eigenvalue weighted by Crippen LogP contribution is -2.14. The van der Waals surface area contributed by atoms with E-state index in [1.54, 1.807) is 35.1 Å². The van der Waals surface area contributed by atoms with Crippen LogP contribution >= 0.6 is 11.3 Å². The molecule has 0 spiro atoms. The van der Waals surface area contributed by atoms with Gasteiger partial charge in [0.15, 0.2) is 0 Å². The van der Waals surface area contributed by atoms with Crippen LogP contribution in [-0.4, -0.2) is 24.8 Å². The second kappa shape index (κ2) is 8.73. The quantitative estimate of drug-likeness (QED) is 0.426. The molecule has 2 aromatic carbocycles. The first-order valence-electron chi connectivity index (χ1n) is 9.46. The minimum Gasteiger partial charge on any atom is -0.492 e. The summed E-state index contributed by atoms with van der Waals surface area (Å²) < 4.78 is 36.5. The zero-order valence-corrected chi connectivity index (χ0v) is 18.0. The van der Waals surface area contributed by atoms with Crippen molar-refractivity contribution < 1.29 is 13.2 Å². The maximum absolute atomic E-state index is 13.3. The molecule has 0 fully saturated rings. The van der Waals surface area contributed by atoms with E-state index >= 15 is 0 Å². The molecule has 0 amide bonds. The first-order valence-corrected chi connectivity index (χ1v) is 11.8. The maximum Gasteiger partial charge on any atom is 0.265 e. The molecule has 0 aliphatic heterocycles. The Kier molecular flexibility index (Phi) is 5.87. The summed E-state index contributed by atoms with van der Waals surface area (Å²) >= 11 is 1.45. The molecule has 0 unspecified atom stereocenters. The van der Waals surface area contributed by atoms with Crippen LogP contribution in [0, 0.1) is 0 Å². The summed E-state index contributed by atoms with van der Waals surface area (Å²) in [5, 5.41) is 6.49. The van der Waals surface area contributed by atoms with E-state index in [1.165, 1.54) is 11.3 Å². The normalized spacial score (nSPS) is 11.4. The van der Waals surface area contributed by atoms with Gasteiger partial charge in [-0.15, -0.1) is 11.3 Å². The molecule has 30 heavy (non-hydrogen) atoms. The van der Waals surface area contributed by atoms with Crippen molar-refractivity contribution in [2.75, 3.05) is 11.3 Å². The van der Waals surface area contributed by atoms with Crippen molar-refractivity contribution in [2.24, 2.45) is 0 Å². The van der Waals surface area contributed by atoms with E-state index in [-0.39, 0.29) is 4.90 Å². The standard InChI is InChI=1S/C22H21N3O3S2/c1-2-28-19-12-7-6-11-18(19)24-30(26,27)21-16-25(15-17-9-4-3-5-10-17)23-22(21)20-13-8-14-29-20/h3-14,16,24H,2,15H2,1H3. The molecular weight excluding hydrogens is 418 g/mol. The number of ether oxygens (including phenoxy) is 1. The zero-order chi connectivity index (χ0) is 21.0. The zero-order valence-electron chi connectivity index (χ0n) is 16.4. The van der Waals surface area contributed by atoms with Gasteiger partial charge in [0, 0.05) is 6.20 Å². The van der Waals surface area contributed by atoms with Crippen molar-refractivity contribution >= 4 is 27.0 Å². The predicted octanol–water partition coefficient (Wildman–Crippen LogP) is 4.86. The minimum atomic E-state index is -3.89. The van der Waals surface area contributed by atoms with Crippen LogP contribution in [0.15, 0.2) is 83.2 Å². The van der Waals surface area contributed by atoms with Crippen molar-refractivity contribution in [3.63, 3.8) is 0 Å². The van der Waals surface area contributed by atoms with E-state index in [0.717, 1.165) is 10.4 Å². The molecule has 2 heterocycles. The second-order valence-electron chi connectivity index (χ2n) is 6.54. The largest absolute Gasteiger partial charge is 0.492 e. The molecule has 0 saturated carbocycles. The molecule has 2 aromatic heterocycles. The third-order valence-electron chi connectivity index (χ3n) is 4.39. The number of nitrogens with one attached hydrogen (secondary N) is 1. The number of hydrogen-bond acceptors (Lipinski definition) is 5. The number of benzene rings is 2. The number of anilines is 1. The monoisotopic (exact) mass is 439 g/mol. The highest BCUT2D eigenvalue weighted by Crippen LogP contribution is 2.33. The van der Waals surface area contributed by atoms with Gasteiger partial charge in [-0.3, -0.25) is 9.40 Å². The van der Waals surface area contributed by atoms with Gasteiger partial charge in [0.05, 0.1) is 23.7 Å². The Hall–Kier alpha value is -3.10. The van der Waals surface area contributed by atoms with E-state index in [0.29, 0.717) is 30.3 Å². The summed E-state index contributed by atoms with van der Waals surface area (Å²) in [4.78, 5) is 0.924. The van der Waals surface area contributed by atoms with E-state index in [4.69, 9.17) is 4.74 Å². The average molecular weight is 440 g/mol. The Morgan fingerprint density at radius 2 is 1.80 bits per heavy atom. The lowest BCUT2D eigenvalue weighted by molar-refractivity contribution is 0.342. The summed E-state index contributed by atoms with van der Waals surface area (Å²) in [5.74, 6) is 0.484. The lowest BCUT2D eigenvalue weighted by atomic mass is 10.2. The number of nitrogens with zero attached hydrogens (tertiary/aromatic N) is 2. The van der Waals surface area contributed by atoms with Crippen LogP contribution in [-0.2, 0) is 16.6 Å². The number of hydrogen-bond donors (Lipinski definition) is 1. The Labute approximate surface area is 179 Å². The fourth-order valence-electron chi connectivity index (χ4n) is 3.07. The van der Waals surface area contributed by atoms with Crippen molar-refractivity contribution in [3.8, 4) is 16.3 Å². The molecule has 0 aliphatic carbocycles. The van der Waals surface area contributed by atoms with Crippen LogP contribution in [0.5, 0.6) is 5.75 Å². The van der Waals surface area contributed by atoms with E-state index < -0.39 is 10.0 Å². The van der Waals surface area contributed by atoms with Gasteiger partial charge in [0.2, 0.25) is 0 Å². The highest BCUT2D eigenvalue weighted by molar-refractivity contribution is 7.92. The molecule has 8 heteroatoms. The summed E-state index contributed by atoms with van der Waals surface area (Å²) in [5.41, 5.74) is 1.87. The molecule has 0 atom stereocenters. The van der Waals surface area contributed by atoms with Crippen LogP contribution in [0.2, 0.25) is 0 Å².